The summed E-state index contributed by atoms with van der Waals surface area (Å²) >= 11 is 0. The van der Waals surface area contributed by atoms with Crippen LogP contribution in [0.3, 0.4) is 0 Å². The monoisotopic (exact) mass is 414 g/mol. The lowest BCUT2D eigenvalue weighted by Crippen LogP contribution is -2.44. The Morgan fingerprint density at radius 2 is 1.93 bits per heavy atom. The first-order valence-corrected chi connectivity index (χ1v) is 11.2. The van der Waals surface area contributed by atoms with Crippen LogP contribution < -0.4 is 0 Å². The number of rotatable bonds is 6. The molecule has 1 saturated heterocycles. The molecule has 0 aromatic heterocycles. The Bertz CT molecular complexity index is 764. The Morgan fingerprint density at radius 3 is 2.63 bits per heavy atom. The number of allylic oxidation sites excluding steroid dienone is 4. The van der Waals surface area contributed by atoms with Crippen molar-refractivity contribution in [3.8, 4) is 0 Å². The van der Waals surface area contributed by atoms with Gasteiger partial charge in [0.1, 0.15) is 12.2 Å². The van der Waals surface area contributed by atoms with E-state index in [0.29, 0.717) is 6.42 Å². The molecule has 5 nitrogen and oxygen atoms in total. The number of hydrogen-bond donors (Lipinski definition) is 0. The molecule has 0 radical (unpaired) electrons. The lowest BCUT2D eigenvalue weighted by molar-refractivity contribution is -0.156. The Hall–Kier alpha value is -2.17. The molecule has 1 unspecified atom stereocenters. The minimum Gasteiger partial charge on any atom is -0.458 e. The van der Waals surface area contributed by atoms with Gasteiger partial charge in [0.2, 0.25) is 0 Å². The maximum atomic E-state index is 12.9. The molecule has 3 atom stereocenters. The molecule has 1 spiro atoms. The summed E-state index contributed by atoms with van der Waals surface area (Å²) < 4.78 is 11.3. The van der Waals surface area contributed by atoms with Crippen LogP contribution in [0.15, 0.2) is 35.5 Å². The predicted octanol–water partition coefficient (Wildman–Crippen LogP) is 5.00. The molecule has 2 fully saturated rings. The average Bonchev–Trinajstić information content (AvgIpc) is 3.00. The zero-order chi connectivity index (χ0) is 21.7. The first-order chi connectivity index (χ1) is 14.3. The summed E-state index contributed by atoms with van der Waals surface area (Å²) in [5.41, 5.74) is 1.38. The van der Waals surface area contributed by atoms with Crippen LogP contribution in [0, 0.1) is 11.3 Å². The summed E-state index contributed by atoms with van der Waals surface area (Å²) in [6, 6.07) is 0. The van der Waals surface area contributed by atoms with Gasteiger partial charge >= 0.3 is 11.9 Å². The van der Waals surface area contributed by atoms with E-state index in [4.69, 9.17) is 9.47 Å². The molecule has 0 N–H and O–H groups in total. The van der Waals surface area contributed by atoms with Crippen molar-refractivity contribution >= 4 is 17.7 Å². The Morgan fingerprint density at radius 1 is 1.20 bits per heavy atom. The highest BCUT2D eigenvalue weighted by Gasteiger charge is 2.55. The number of carbonyl (C=O) groups excluding carboxylic acids is 3. The fraction of sp³-hybridized carbons (Fsp3) is 0.640. The molecule has 0 bridgehead atoms. The quantitative estimate of drug-likeness (QED) is 0.452. The normalized spacial score (nSPS) is 29.8. The SMILES string of the molecule is CC(C)=CCC/C(C)=C/[C@H]1OC(=O)CC12C[C@H](OC(=O)C1CCCCC1)C=CC2=O. The average molecular weight is 415 g/mol. The smallest absolute Gasteiger partial charge is 0.309 e. The van der Waals surface area contributed by atoms with Crippen molar-refractivity contribution in [3.05, 3.63) is 35.5 Å². The second-order valence-electron chi connectivity index (χ2n) is 9.31. The molecule has 164 valence electrons. The minimum absolute atomic E-state index is 0.0378. The molecular formula is C25H34O5. The van der Waals surface area contributed by atoms with E-state index in [9.17, 15) is 14.4 Å². The first kappa shape index (κ1) is 22.5. The number of carbonyl (C=O) groups is 3. The minimum atomic E-state index is -0.971. The van der Waals surface area contributed by atoms with E-state index >= 15 is 0 Å². The number of hydrogen-bond acceptors (Lipinski definition) is 5. The zero-order valence-corrected chi connectivity index (χ0v) is 18.4. The molecule has 0 aromatic carbocycles. The van der Waals surface area contributed by atoms with Gasteiger partial charge in [-0.15, -0.1) is 0 Å². The van der Waals surface area contributed by atoms with Gasteiger partial charge < -0.3 is 9.47 Å². The van der Waals surface area contributed by atoms with Crippen molar-refractivity contribution in [2.45, 2.75) is 90.8 Å². The van der Waals surface area contributed by atoms with Crippen molar-refractivity contribution in [1.29, 1.82) is 0 Å². The molecule has 5 heteroatoms. The maximum Gasteiger partial charge on any atom is 0.309 e. The van der Waals surface area contributed by atoms with Gasteiger partial charge in [-0.05, 0) is 64.7 Å². The van der Waals surface area contributed by atoms with Crippen LogP contribution >= 0.6 is 0 Å². The van der Waals surface area contributed by atoms with Crippen molar-refractivity contribution in [2.75, 3.05) is 0 Å². The predicted molar refractivity (Wildman–Crippen MR) is 115 cm³/mol. The summed E-state index contributed by atoms with van der Waals surface area (Å²) in [6.45, 7) is 6.13. The highest BCUT2D eigenvalue weighted by Crippen LogP contribution is 2.45. The van der Waals surface area contributed by atoms with Crippen molar-refractivity contribution in [1.82, 2.24) is 0 Å². The molecule has 1 saturated carbocycles. The third-order valence-electron chi connectivity index (χ3n) is 6.51. The van der Waals surface area contributed by atoms with Crippen LogP contribution in [-0.2, 0) is 23.9 Å². The largest absolute Gasteiger partial charge is 0.458 e. The third kappa shape index (κ3) is 5.30. The number of cyclic esters (lactones) is 1. The van der Waals surface area contributed by atoms with E-state index in [1.165, 1.54) is 18.1 Å². The van der Waals surface area contributed by atoms with Gasteiger partial charge in [-0.1, -0.05) is 36.5 Å². The van der Waals surface area contributed by atoms with E-state index < -0.39 is 17.6 Å². The molecule has 2 aliphatic carbocycles. The number of esters is 2. The fourth-order valence-corrected chi connectivity index (χ4v) is 4.75. The summed E-state index contributed by atoms with van der Waals surface area (Å²) in [4.78, 5) is 37.7. The van der Waals surface area contributed by atoms with E-state index in [1.807, 2.05) is 13.0 Å². The maximum absolute atomic E-state index is 12.9. The second-order valence-corrected chi connectivity index (χ2v) is 9.31. The second kappa shape index (κ2) is 9.76. The van der Waals surface area contributed by atoms with E-state index in [1.54, 1.807) is 6.08 Å². The molecule has 1 aliphatic heterocycles. The standard InChI is InChI=1S/C25H34O5/c1-17(2)8-7-9-18(3)14-22-25(16-23(27)30-22)15-20(12-13-21(25)26)29-24(28)19-10-5-4-6-11-19/h8,12-14,19-20,22H,4-7,9-11,15-16H2,1-3H3/b18-14+/t20-,22-,25?/m1/s1. The summed E-state index contributed by atoms with van der Waals surface area (Å²) in [6.07, 6.45) is 13.3. The lowest BCUT2D eigenvalue weighted by atomic mass is 9.69. The number of ether oxygens (including phenoxy) is 2. The van der Waals surface area contributed by atoms with Gasteiger partial charge in [-0.2, -0.15) is 0 Å². The fourth-order valence-electron chi connectivity index (χ4n) is 4.75. The van der Waals surface area contributed by atoms with Crippen molar-refractivity contribution in [3.63, 3.8) is 0 Å². The van der Waals surface area contributed by atoms with Crippen molar-refractivity contribution < 1.29 is 23.9 Å². The van der Waals surface area contributed by atoms with E-state index in [0.717, 1.165) is 44.1 Å². The van der Waals surface area contributed by atoms with Gasteiger partial charge in [-0.25, -0.2) is 0 Å². The summed E-state index contributed by atoms with van der Waals surface area (Å²) in [5, 5.41) is 0. The van der Waals surface area contributed by atoms with Crippen LogP contribution in [0.5, 0.6) is 0 Å². The molecule has 0 amide bonds. The summed E-state index contributed by atoms with van der Waals surface area (Å²) in [7, 11) is 0. The van der Waals surface area contributed by atoms with Crippen LogP contribution in [0.4, 0.5) is 0 Å². The third-order valence-corrected chi connectivity index (χ3v) is 6.51. The molecule has 0 aromatic rings. The van der Waals surface area contributed by atoms with Crippen molar-refractivity contribution in [2.24, 2.45) is 11.3 Å². The van der Waals surface area contributed by atoms with Crippen LogP contribution in [0.1, 0.15) is 78.6 Å². The van der Waals surface area contributed by atoms with E-state index in [2.05, 4.69) is 19.9 Å². The van der Waals surface area contributed by atoms with Crippen LogP contribution in [0.25, 0.3) is 0 Å². The first-order valence-electron chi connectivity index (χ1n) is 11.2. The zero-order valence-electron chi connectivity index (χ0n) is 18.4. The molecule has 3 rings (SSSR count). The van der Waals surface area contributed by atoms with Crippen LogP contribution in [-0.4, -0.2) is 29.9 Å². The molecule has 3 aliphatic rings. The van der Waals surface area contributed by atoms with E-state index in [-0.39, 0.29) is 30.1 Å². The van der Waals surface area contributed by atoms with Gasteiger partial charge in [-0.3, -0.25) is 14.4 Å². The Balaban J connectivity index is 1.72. The molecule has 1 heterocycles. The Labute approximate surface area is 179 Å². The van der Waals surface area contributed by atoms with Gasteiger partial charge in [0, 0.05) is 6.42 Å². The topological polar surface area (TPSA) is 69.7 Å². The van der Waals surface area contributed by atoms with Gasteiger partial charge in [0.25, 0.3) is 0 Å². The van der Waals surface area contributed by atoms with Gasteiger partial charge in [0.05, 0.1) is 17.8 Å². The Kier molecular flexibility index (Phi) is 7.32. The molecular weight excluding hydrogens is 380 g/mol. The number of ketones is 1. The summed E-state index contributed by atoms with van der Waals surface area (Å²) in [5.74, 6) is -0.703. The lowest BCUT2D eigenvalue weighted by Gasteiger charge is -2.35. The highest BCUT2D eigenvalue weighted by atomic mass is 16.6. The molecule has 30 heavy (non-hydrogen) atoms. The van der Waals surface area contributed by atoms with Crippen LogP contribution in [0.2, 0.25) is 0 Å². The van der Waals surface area contributed by atoms with Gasteiger partial charge in [0.15, 0.2) is 5.78 Å². The highest BCUT2D eigenvalue weighted by molar-refractivity contribution is 6.00.